The molecule has 0 saturated carbocycles. The molecule has 1 saturated heterocycles. The zero-order valence-electron chi connectivity index (χ0n) is 13.7. The van der Waals surface area contributed by atoms with Crippen molar-refractivity contribution in [2.45, 2.75) is 36.0 Å². The Morgan fingerprint density at radius 3 is 2.79 bits per heavy atom. The second kappa shape index (κ2) is 6.95. The Hall–Kier alpha value is -1.22. The van der Waals surface area contributed by atoms with Gasteiger partial charge in [0, 0.05) is 13.1 Å². The molecule has 2 aliphatic heterocycles. The van der Waals surface area contributed by atoms with Gasteiger partial charge in [-0.05, 0) is 37.6 Å². The topological polar surface area (TPSA) is 75.7 Å². The number of carbonyl (C=O) groups excluding carboxylic acids is 1. The molecular weight excluding hydrogens is 348 g/mol. The molecule has 0 bridgehead atoms. The number of amides is 1. The molecule has 0 radical (unpaired) electrons. The molecule has 1 aromatic heterocycles. The van der Waals surface area contributed by atoms with Crippen molar-refractivity contribution < 1.29 is 17.9 Å². The van der Waals surface area contributed by atoms with Crippen molar-refractivity contribution in [2.75, 3.05) is 26.2 Å². The molecule has 0 atom stereocenters. The first-order valence-electron chi connectivity index (χ1n) is 8.03. The number of nitrogens with one attached hydrogen (secondary N) is 1. The van der Waals surface area contributed by atoms with Gasteiger partial charge in [-0.1, -0.05) is 17.7 Å². The molecule has 0 unspecified atom stereocenters. The maximum absolute atomic E-state index is 12.3. The number of likely N-dealkylation sites (tertiary alicyclic amines) is 1. The molecule has 1 amide bonds. The monoisotopic (exact) mass is 370 g/mol. The largest absolute Gasteiger partial charge is 0.370 e. The van der Waals surface area contributed by atoms with Crippen molar-refractivity contribution >= 4 is 27.3 Å². The molecule has 1 spiro atoms. The Bertz CT molecular complexity index is 717. The van der Waals surface area contributed by atoms with Crippen LogP contribution in [0.3, 0.4) is 0 Å². The van der Waals surface area contributed by atoms with E-state index in [1.807, 2.05) is 0 Å². The SMILES string of the molecule is CC1=CC2(CCN(C(=O)CNS(=O)(=O)c3cccs3)CC2)OCC1. The van der Waals surface area contributed by atoms with E-state index >= 15 is 0 Å². The zero-order chi connectivity index (χ0) is 17.2. The van der Waals surface area contributed by atoms with Crippen molar-refractivity contribution in [1.82, 2.24) is 9.62 Å². The van der Waals surface area contributed by atoms with E-state index in [2.05, 4.69) is 17.7 Å². The summed E-state index contributed by atoms with van der Waals surface area (Å²) in [5.41, 5.74) is 1.10. The highest BCUT2D eigenvalue weighted by atomic mass is 32.2. The van der Waals surface area contributed by atoms with Crippen LogP contribution in [0.15, 0.2) is 33.4 Å². The summed E-state index contributed by atoms with van der Waals surface area (Å²) in [6.45, 7) is 3.81. The number of rotatable bonds is 4. The highest BCUT2D eigenvalue weighted by Gasteiger charge is 2.36. The summed E-state index contributed by atoms with van der Waals surface area (Å²) in [7, 11) is -3.60. The predicted octanol–water partition coefficient (Wildman–Crippen LogP) is 1.75. The van der Waals surface area contributed by atoms with Gasteiger partial charge in [-0.15, -0.1) is 11.3 Å². The molecule has 0 aromatic carbocycles. The van der Waals surface area contributed by atoms with Gasteiger partial charge in [0.15, 0.2) is 0 Å². The first kappa shape index (κ1) is 17.6. The minimum atomic E-state index is -3.60. The van der Waals surface area contributed by atoms with Gasteiger partial charge < -0.3 is 9.64 Å². The predicted molar refractivity (Wildman–Crippen MR) is 92.4 cm³/mol. The number of ether oxygens (including phenoxy) is 1. The van der Waals surface area contributed by atoms with Crippen LogP contribution in [0, 0.1) is 0 Å². The molecule has 2 aliphatic rings. The quantitative estimate of drug-likeness (QED) is 0.820. The van der Waals surface area contributed by atoms with Crippen LogP contribution in [0.1, 0.15) is 26.2 Å². The van der Waals surface area contributed by atoms with Gasteiger partial charge >= 0.3 is 0 Å². The lowest BCUT2D eigenvalue weighted by molar-refractivity contribution is -0.135. The summed E-state index contributed by atoms with van der Waals surface area (Å²) in [5, 5.41) is 1.69. The van der Waals surface area contributed by atoms with Gasteiger partial charge in [0.1, 0.15) is 4.21 Å². The summed E-state index contributed by atoms with van der Waals surface area (Å²) < 4.78 is 32.7. The number of thiophene rings is 1. The van der Waals surface area contributed by atoms with E-state index in [9.17, 15) is 13.2 Å². The van der Waals surface area contributed by atoms with Crippen LogP contribution in [0.25, 0.3) is 0 Å². The average molecular weight is 370 g/mol. The number of hydrogen-bond donors (Lipinski definition) is 1. The summed E-state index contributed by atoms with van der Waals surface area (Å²) in [4.78, 5) is 14.0. The summed E-state index contributed by atoms with van der Waals surface area (Å²) in [6.07, 6.45) is 4.67. The fourth-order valence-corrected chi connectivity index (χ4v) is 5.17. The molecule has 6 nitrogen and oxygen atoms in total. The van der Waals surface area contributed by atoms with Crippen molar-refractivity contribution in [3.05, 3.63) is 29.2 Å². The fraction of sp³-hybridized carbons (Fsp3) is 0.562. The number of hydrogen-bond acceptors (Lipinski definition) is 5. The Morgan fingerprint density at radius 2 is 2.17 bits per heavy atom. The maximum atomic E-state index is 12.3. The van der Waals surface area contributed by atoms with E-state index in [0.29, 0.717) is 13.1 Å². The third kappa shape index (κ3) is 3.88. The van der Waals surface area contributed by atoms with E-state index < -0.39 is 10.0 Å². The van der Waals surface area contributed by atoms with E-state index in [1.54, 1.807) is 16.3 Å². The van der Waals surface area contributed by atoms with E-state index in [4.69, 9.17) is 4.74 Å². The van der Waals surface area contributed by atoms with Crippen LogP contribution >= 0.6 is 11.3 Å². The molecule has 1 N–H and O–H groups in total. The molecule has 132 valence electrons. The number of carbonyl (C=O) groups is 1. The second-order valence-corrected chi connectivity index (χ2v) is 9.23. The molecule has 1 fully saturated rings. The Balaban J connectivity index is 1.53. The standard InChI is InChI=1S/C16H22N2O4S2/c1-13-4-9-22-16(11-13)5-7-18(8-6-16)14(19)12-17-24(20,21)15-3-2-10-23-15/h2-3,10-11,17H,4-9,12H2,1H3. The van der Waals surface area contributed by atoms with E-state index in [1.165, 1.54) is 11.6 Å². The van der Waals surface area contributed by atoms with Gasteiger partial charge in [-0.2, -0.15) is 0 Å². The highest BCUT2D eigenvalue weighted by molar-refractivity contribution is 7.91. The normalized spacial score (nSPS) is 20.9. The molecule has 3 heterocycles. The number of piperidine rings is 1. The summed E-state index contributed by atoms with van der Waals surface area (Å²) in [6, 6.07) is 3.20. The minimum absolute atomic E-state index is 0.193. The van der Waals surface area contributed by atoms with Crippen molar-refractivity contribution in [2.24, 2.45) is 0 Å². The van der Waals surface area contributed by atoms with E-state index in [-0.39, 0.29) is 22.3 Å². The fourth-order valence-electron chi connectivity index (χ4n) is 3.16. The van der Waals surface area contributed by atoms with Gasteiger partial charge in [0.25, 0.3) is 10.0 Å². The lowest BCUT2D eigenvalue weighted by Crippen LogP contribution is -2.50. The second-order valence-electron chi connectivity index (χ2n) is 6.29. The van der Waals surface area contributed by atoms with Crippen LogP contribution in [-0.4, -0.2) is 51.1 Å². The van der Waals surface area contributed by atoms with Crippen molar-refractivity contribution in [1.29, 1.82) is 0 Å². The summed E-state index contributed by atoms with van der Waals surface area (Å²) in [5.74, 6) is -0.193. The third-order valence-electron chi connectivity index (χ3n) is 4.53. The van der Waals surface area contributed by atoms with Crippen LogP contribution in [0.4, 0.5) is 0 Å². The minimum Gasteiger partial charge on any atom is -0.370 e. The zero-order valence-corrected chi connectivity index (χ0v) is 15.3. The first-order chi connectivity index (χ1) is 11.4. The molecule has 0 aliphatic carbocycles. The number of nitrogens with zero attached hydrogens (tertiary/aromatic N) is 1. The molecular formula is C16H22N2O4S2. The highest BCUT2D eigenvalue weighted by Crippen LogP contribution is 2.32. The molecule has 3 rings (SSSR count). The average Bonchev–Trinajstić information content (AvgIpc) is 3.09. The van der Waals surface area contributed by atoms with Gasteiger partial charge in [0.05, 0.1) is 18.8 Å². The molecule has 8 heteroatoms. The van der Waals surface area contributed by atoms with E-state index in [0.717, 1.165) is 37.2 Å². The molecule has 24 heavy (non-hydrogen) atoms. The van der Waals surface area contributed by atoms with Crippen LogP contribution in [0.2, 0.25) is 0 Å². The number of sulfonamides is 1. The van der Waals surface area contributed by atoms with Crippen LogP contribution in [0.5, 0.6) is 0 Å². The van der Waals surface area contributed by atoms with Gasteiger partial charge in [0.2, 0.25) is 5.91 Å². The maximum Gasteiger partial charge on any atom is 0.250 e. The van der Waals surface area contributed by atoms with Gasteiger partial charge in [-0.25, -0.2) is 13.1 Å². The van der Waals surface area contributed by atoms with Crippen LogP contribution in [-0.2, 0) is 19.6 Å². The Labute approximate surface area is 146 Å². The Kier molecular flexibility index (Phi) is 5.10. The molecule has 1 aromatic rings. The van der Waals surface area contributed by atoms with Gasteiger partial charge in [-0.3, -0.25) is 4.79 Å². The lowest BCUT2D eigenvalue weighted by atomic mass is 9.87. The van der Waals surface area contributed by atoms with Crippen LogP contribution < -0.4 is 4.72 Å². The first-order valence-corrected chi connectivity index (χ1v) is 10.4. The Morgan fingerprint density at radius 1 is 1.42 bits per heavy atom. The van der Waals surface area contributed by atoms with Crippen molar-refractivity contribution in [3.8, 4) is 0 Å². The lowest BCUT2D eigenvalue weighted by Gasteiger charge is -2.42. The third-order valence-corrected chi connectivity index (χ3v) is 7.33. The summed E-state index contributed by atoms with van der Waals surface area (Å²) >= 11 is 1.13. The smallest absolute Gasteiger partial charge is 0.250 e. The van der Waals surface area contributed by atoms with Crippen molar-refractivity contribution in [3.63, 3.8) is 0 Å².